The van der Waals surface area contributed by atoms with Gasteiger partial charge in [-0.25, -0.2) is 9.13 Å². The van der Waals surface area contributed by atoms with Crippen LogP contribution in [-0.4, -0.2) is 65.6 Å². The van der Waals surface area contributed by atoms with E-state index in [0.29, 0.717) is 11.8 Å². The largest absolute Gasteiger partial charge is 0.640 e. The van der Waals surface area contributed by atoms with E-state index < -0.39 is 54.6 Å². The number of aromatic nitrogens is 1. The summed E-state index contributed by atoms with van der Waals surface area (Å²) in [6.45, 7) is 0.602. The predicted octanol–water partition coefficient (Wildman–Crippen LogP) is -0.633. The van der Waals surface area contributed by atoms with Crippen molar-refractivity contribution in [2.24, 2.45) is 0 Å². The van der Waals surface area contributed by atoms with Gasteiger partial charge in [0.1, 0.15) is 18.3 Å². The number of aliphatic hydroxyl groups is 2. The molecule has 7 N–H and O–H groups in total. The van der Waals surface area contributed by atoms with Crippen LogP contribution in [0.3, 0.4) is 0 Å². The van der Waals surface area contributed by atoms with Gasteiger partial charge in [0, 0.05) is 11.8 Å². The number of phosphoric ester groups is 1. The van der Waals surface area contributed by atoms with Crippen LogP contribution in [0.25, 0.3) is 0 Å². The summed E-state index contributed by atoms with van der Waals surface area (Å²) in [5.74, 6) is 5.31. The summed E-state index contributed by atoms with van der Waals surface area (Å²) in [6.07, 6.45) is -4.25. The van der Waals surface area contributed by atoms with Gasteiger partial charge in [-0.15, -0.1) is 10.2 Å². The van der Waals surface area contributed by atoms with Crippen LogP contribution in [0.1, 0.15) is 29.2 Å². The molecule has 7 atom stereocenters. The minimum absolute atomic E-state index is 0.0499. The van der Waals surface area contributed by atoms with Gasteiger partial charge < -0.3 is 34.2 Å². The van der Waals surface area contributed by atoms with Gasteiger partial charge in [-0.3, -0.25) is 14.2 Å². The highest BCUT2D eigenvalue weighted by atomic mass is 31.3. The van der Waals surface area contributed by atoms with E-state index in [9.17, 15) is 33.6 Å². The minimum Gasteiger partial charge on any atom is -0.387 e. The number of phosphoric acid groups is 2. The van der Waals surface area contributed by atoms with Crippen LogP contribution in [0, 0.1) is 11.8 Å². The second kappa shape index (κ2) is 9.74. The second-order valence-electron chi connectivity index (χ2n) is 6.02. The van der Waals surface area contributed by atoms with Gasteiger partial charge in [0.2, 0.25) is 0 Å². The van der Waals surface area contributed by atoms with E-state index in [2.05, 4.69) is 25.0 Å². The van der Waals surface area contributed by atoms with Crippen LogP contribution < -0.4 is 0 Å². The molecule has 2 heterocycles. The van der Waals surface area contributed by atoms with Gasteiger partial charge in [-0.1, -0.05) is 5.92 Å². The normalized spacial score (nSPS) is 29.3. The Balaban J connectivity index is 2.09. The summed E-state index contributed by atoms with van der Waals surface area (Å²) >= 11 is 0. The molecule has 0 spiro atoms. The molecular formula is C13H19NO14P3+. The smallest absolute Gasteiger partial charge is 0.387 e. The SMILES string of the molecule is CC#Cc1cc(C=O)n([C@@H]2O[C@H](COP(=O)(O)OP(=O)(O)OP(=O)(O)[OH2+])C(O)[C@@H]2O)c1. The van der Waals surface area contributed by atoms with Crippen molar-refractivity contribution in [3.63, 3.8) is 0 Å². The van der Waals surface area contributed by atoms with E-state index in [0.717, 1.165) is 0 Å². The summed E-state index contributed by atoms with van der Waals surface area (Å²) in [4.78, 5) is 45.0. The Kier molecular flexibility index (Phi) is 8.19. The van der Waals surface area contributed by atoms with Crippen LogP contribution in [0.5, 0.6) is 0 Å². The molecule has 174 valence electrons. The van der Waals surface area contributed by atoms with Crippen LogP contribution >= 0.6 is 23.5 Å². The summed E-state index contributed by atoms with van der Waals surface area (Å²) in [6, 6.07) is 1.40. The van der Waals surface area contributed by atoms with Crippen molar-refractivity contribution in [2.45, 2.75) is 31.5 Å². The lowest BCUT2D eigenvalue weighted by atomic mass is 10.1. The Morgan fingerprint density at radius 3 is 2.39 bits per heavy atom. The predicted molar refractivity (Wildman–Crippen MR) is 99.5 cm³/mol. The Morgan fingerprint density at radius 2 is 1.84 bits per heavy atom. The molecule has 1 aromatic heterocycles. The zero-order valence-corrected chi connectivity index (χ0v) is 18.2. The van der Waals surface area contributed by atoms with Gasteiger partial charge in [-0.2, -0.15) is 8.88 Å². The fraction of sp³-hybridized carbons (Fsp3) is 0.462. The van der Waals surface area contributed by atoms with Gasteiger partial charge in [0.15, 0.2) is 12.5 Å². The van der Waals surface area contributed by atoms with Gasteiger partial charge in [0.25, 0.3) is 0 Å². The summed E-state index contributed by atoms with van der Waals surface area (Å²) < 4.78 is 52.1. The number of carbonyl (C=O) groups is 1. The van der Waals surface area contributed by atoms with E-state index in [1.54, 1.807) is 6.92 Å². The molecule has 1 aliphatic heterocycles. The van der Waals surface area contributed by atoms with E-state index in [1.165, 1.54) is 16.8 Å². The molecule has 31 heavy (non-hydrogen) atoms. The van der Waals surface area contributed by atoms with E-state index in [4.69, 9.17) is 19.4 Å². The number of ether oxygens (including phenoxy) is 1. The molecule has 0 amide bonds. The highest BCUT2D eigenvalue weighted by molar-refractivity contribution is 7.66. The van der Waals surface area contributed by atoms with Crippen molar-refractivity contribution in [3.8, 4) is 11.8 Å². The lowest BCUT2D eigenvalue weighted by molar-refractivity contribution is -0.0522. The molecule has 1 fully saturated rings. The number of rotatable bonds is 9. The van der Waals surface area contributed by atoms with Gasteiger partial charge in [0.05, 0.1) is 12.3 Å². The van der Waals surface area contributed by atoms with Crippen molar-refractivity contribution < 1.29 is 66.2 Å². The monoisotopic (exact) mass is 506 g/mol. The number of hydrogen-bond donors (Lipinski definition) is 5. The standard InChI is InChI=1S/C13H18NO14P3/c1-2-3-8-4-9(6-15)14(5-8)13-12(17)11(16)10(26-13)7-25-30(21,22)28-31(23,24)27-29(18,19)20/h4-6,10-13,16-17H,7H2,1H3,(H,21,22)(H,23,24)(H2,18,19,20)/p+1/t10-,11?,12+,13-/m1/s1. The third-order valence-corrected chi connectivity index (χ3v) is 7.54. The van der Waals surface area contributed by atoms with Crippen molar-refractivity contribution in [3.05, 3.63) is 23.5 Å². The fourth-order valence-electron chi connectivity index (χ4n) is 2.60. The molecule has 1 aromatic rings. The number of nitrogens with zero attached hydrogens (tertiary/aromatic N) is 1. The zero-order chi connectivity index (χ0) is 23.6. The molecule has 0 aliphatic carbocycles. The number of aliphatic hydroxyl groups excluding tert-OH is 2. The van der Waals surface area contributed by atoms with Gasteiger partial charge in [-0.05, 0) is 13.0 Å². The highest BCUT2D eigenvalue weighted by Gasteiger charge is 2.47. The minimum atomic E-state index is -5.65. The van der Waals surface area contributed by atoms with Crippen molar-refractivity contribution in [2.75, 3.05) is 6.61 Å². The first-order valence-corrected chi connectivity index (χ1v) is 12.7. The molecular weight excluding hydrogens is 487 g/mol. The quantitative estimate of drug-likeness (QED) is 0.122. The number of hydrogen-bond acceptors (Lipinski definition) is 10. The van der Waals surface area contributed by atoms with E-state index >= 15 is 0 Å². The van der Waals surface area contributed by atoms with Crippen LogP contribution in [0.4, 0.5) is 0 Å². The van der Waals surface area contributed by atoms with Crippen molar-refractivity contribution in [1.29, 1.82) is 0 Å². The molecule has 1 aliphatic rings. The number of aldehydes is 1. The van der Waals surface area contributed by atoms with E-state index in [-0.39, 0.29) is 5.69 Å². The molecule has 0 bridgehead atoms. The second-order valence-corrected chi connectivity index (χ2v) is 10.5. The third-order valence-electron chi connectivity index (χ3n) is 3.70. The zero-order valence-electron chi connectivity index (χ0n) is 15.5. The van der Waals surface area contributed by atoms with Crippen LogP contribution in [0.15, 0.2) is 12.3 Å². The average Bonchev–Trinajstić information content (AvgIpc) is 3.12. The molecule has 18 heteroatoms. The third kappa shape index (κ3) is 7.15. The average molecular weight is 506 g/mol. The first kappa shape index (κ1) is 26.1. The topological polar surface area (TPSA) is 234 Å². The molecule has 0 aromatic carbocycles. The Hall–Kier alpha value is -1.20. The Labute approximate surface area is 174 Å². The molecule has 0 radical (unpaired) electrons. The molecule has 1 saturated heterocycles. The first-order chi connectivity index (χ1) is 14.2. The summed E-state index contributed by atoms with van der Waals surface area (Å²) in [5.41, 5.74) is 0.464. The maximum atomic E-state index is 11.8. The summed E-state index contributed by atoms with van der Waals surface area (Å²) in [7, 11) is -16.4. The fourth-order valence-corrected chi connectivity index (χ4v) is 5.67. The summed E-state index contributed by atoms with van der Waals surface area (Å²) in [5, 5.41) is 20.4. The highest BCUT2D eigenvalue weighted by Crippen LogP contribution is 2.66. The Morgan fingerprint density at radius 1 is 1.19 bits per heavy atom. The van der Waals surface area contributed by atoms with Crippen LogP contribution in [0.2, 0.25) is 0 Å². The number of carbonyl (C=O) groups excluding carboxylic acids is 1. The Bertz CT molecular complexity index is 1020. The molecule has 2 rings (SSSR count). The van der Waals surface area contributed by atoms with Gasteiger partial charge >= 0.3 is 23.5 Å². The van der Waals surface area contributed by atoms with Crippen molar-refractivity contribution >= 4 is 29.8 Å². The van der Waals surface area contributed by atoms with Crippen LogP contribution in [-0.2, 0) is 31.6 Å². The first-order valence-electron chi connectivity index (χ1n) is 8.10. The molecule has 0 saturated carbocycles. The molecule has 4 unspecified atom stereocenters. The molecule has 15 nitrogen and oxygen atoms in total. The lowest BCUT2D eigenvalue weighted by Crippen LogP contribution is -2.33. The lowest BCUT2D eigenvalue weighted by Gasteiger charge is -2.19. The van der Waals surface area contributed by atoms with Crippen molar-refractivity contribution in [1.82, 2.24) is 4.57 Å². The van der Waals surface area contributed by atoms with E-state index in [1.807, 2.05) is 0 Å². The maximum Gasteiger partial charge on any atom is 0.640 e. The maximum absolute atomic E-state index is 11.8.